The van der Waals surface area contributed by atoms with E-state index in [0.717, 1.165) is 22.8 Å². The summed E-state index contributed by atoms with van der Waals surface area (Å²) in [4.78, 5) is 35.7. The average Bonchev–Trinajstić information content (AvgIpc) is 3.32. The van der Waals surface area contributed by atoms with Crippen LogP contribution >= 0.6 is 0 Å². The van der Waals surface area contributed by atoms with Gasteiger partial charge in [-0.15, -0.1) is 0 Å². The first-order chi connectivity index (χ1) is 15.5. The minimum absolute atomic E-state index is 0.329. The number of likely N-dealkylation sites (N-methyl/N-ethyl adjacent to an activating group) is 1. The molecule has 2 amide bonds. The molecule has 2 aromatic carbocycles. The number of para-hydroxylation sites is 2. The molecular weight excluding hydrogens is 404 g/mol. The molecule has 5 rings (SSSR count). The second-order valence-corrected chi connectivity index (χ2v) is 7.96. The first kappa shape index (κ1) is 20.0. The van der Waals surface area contributed by atoms with E-state index in [1.165, 1.54) is 0 Å². The van der Waals surface area contributed by atoms with Gasteiger partial charge in [0.15, 0.2) is 0 Å². The van der Waals surface area contributed by atoms with Gasteiger partial charge in [-0.2, -0.15) is 0 Å². The Labute approximate surface area is 184 Å². The number of aromatic amines is 1. The van der Waals surface area contributed by atoms with Crippen molar-refractivity contribution in [2.75, 3.05) is 27.2 Å². The van der Waals surface area contributed by atoms with Gasteiger partial charge in [0, 0.05) is 46.2 Å². The van der Waals surface area contributed by atoms with Crippen molar-refractivity contribution in [3.63, 3.8) is 0 Å². The highest BCUT2D eigenvalue weighted by Gasteiger charge is 2.34. The van der Waals surface area contributed by atoms with Crippen LogP contribution in [0.25, 0.3) is 33.0 Å². The first-order valence-electron chi connectivity index (χ1n) is 10.4. The summed E-state index contributed by atoms with van der Waals surface area (Å²) in [6, 6.07) is 17.0. The summed E-state index contributed by atoms with van der Waals surface area (Å²) < 4.78 is 5.89. The number of carbonyl (C=O) groups excluding carboxylic acids is 2. The largest absolute Gasteiger partial charge is 0.476 e. The number of nitrogens with zero attached hydrogens (tertiary/aromatic N) is 2. The Morgan fingerprint density at radius 3 is 2.38 bits per heavy atom. The SMILES string of the molecule is CN(C)CCOc1cc(C2=C(c3c[nH]c4ccccc34)C(=O)NC2=O)c2ccccc2n1. The van der Waals surface area contributed by atoms with E-state index in [-0.39, 0.29) is 0 Å². The van der Waals surface area contributed by atoms with E-state index in [0.29, 0.717) is 40.3 Å². The van der Waals surface area contributed by atoms with E-state index in [2.05, 4.69) is 15.3 Å². The lowest BCUT2D eigenvalue weighted by molar-refractivity contribution is -0.122. The van der Waals surface area contributed by atoms with Crippen LogP contribution in [-0.2, 0) is 9.59 Å². The fourth-order valence-corrected chi connectivity index (χ4v) is 4.01. The van der Waals surface area contributed by atoms with Gasteiger partial charge in [-0.25, -0.2) is 4.98 Å². The molecule has 0 atom stereocenters. The van der Waals surface area contributed by atoms with E-state index in [1.807, 2.05) is 67.5 Å². The lowest BCUT2D eigenvalue weighted by Crippen LogP contribution is -2.22. The Morgan fingerprint density at radius 2 is 1.59 bits per heavy atom. The first-order valence-corrected chi connectivity index (χ1v) is 10.4. The summed E-state index contributed by atoms with van der Waals surface area (Å²) in [7, 11) is 3.94. The number of hydrogen-bond donors (Lipinski definition) is 2. The maximum absolute atomic E-state index is 13.0. The summed E-state index contributed by atoms with van der Waals surface area (Å²) in [5.74, 6) is -0.421. The van der Waals surface area contributed by atoms with E-state index in [9.17, 15) is 9.59 Å². The second-order valence-electron chi connectivity index (χ2n) is 7.96. The molecule has 2 N–H and O–H groups in total. The Hall–Kier alpha value is -3.97. The Kier molecular flexibility index (Phi) is 4.95. The van der Waals surface area contributed by atoms with E-state index in [1.54, 1.807) is 12.3 Å². The fraction of sp³-hybridized carbons (Fsp3) is 0.160. The van der Waals surface area contributed by atoms with Crippen LogP contribution in [0.4, 0.5) is 0 Å². The van der Waals surface area contributed by atoms with Gasteiger partial charge in [0.25, 0.3) is 11.8 Å². The quantitative estimate of drug-likeness (QED) is 0.462. The monoisotopic (exact) mass is 426 g/mol. The van der Waals surface area contributed by atoms with Crippen molar-refractivity contribution in [3.05, 3.63) is 71.9 Å². The van der Waals surface area contributed by atoms with Gasteiger partial charge in [-0.05, 0) is 26.2 Å². The zero-order valence-corrected chi connectivity index (χ0v) is 17.8. The fourth-order valence-electron chi connectivity index (χ4n) is 4.01. The zero-order chi connectivity index (χ0) is 22.2. The molecule has 7 nitrogen and oxygen atoms in total. The van der Waals surface area contributed by atoms with Crippen molar-refractivity contribution in [1.29, 1.82) is 0 Å². The molecule has 32 heavy (non-hydrogen) atoms. The molecule has 2 aromatic heterocycles. The highest BCUT2D eigenvalue weighted by Crippen LogP contribution is 2.38. The van der Waals surface area contributed by atoms with Crippen LogP contribution < -0.4 is 10.1 Å². The van der Waals surface area contributed by atoms with Crippen LogP contribution in [0.5, 0.6) is 5.88 Å². The van der Waals surface area contributed by atoms with Crippen molar-refractivity contribution in [2.24, 2.45) is 0 Å². The summed E-state index contributed by atoms with van der Waals surface area (Å²) in [6.07, 6.45) is 1.77. The number of carbonyl (C=O) groups is 2. The Bertz CT molecular complexity index is 1400. The molecule has 0 unspecified atom stereocenters. The molecule has 0 saturated carbocycles. The maximum Gasteiger partial charge on any atom is 0.259 e. The number of hydrogen-bond acceptors (Lipinski definition) is 5. The molecule has 3 heterocycles. The molecule has 4 aromatic rings. The summed E-state index contributed by atoms with van der Waals surface area (Å²) in [5, 5.41) is 4.14. The molecule has 1 aliphatic rings. The lowest BCUT2D eigenvalue weighted by atomic mass is 9.94. The van der Waals surface area contributed by atoms with Gasteiger partial charge in [0.1, 0.15) is 6.61 Å². The van der Waals surface area contributed by atoms with Crippen molar-refractivity contribution >= 4 is 44.8 Å². The van der Waals surface area contributed by atoms with Crippen LogP contribution in [0.1, 0.15) is 11.1 Å². The predicted molar refractivity (Wildman–Crippen MR) is 124 cm³/mol. The lowest BCUT2D eigenvalue weighted by Gasteiger charge is -2.13. The zero-order valence-electron chi connectivity index (χ0n) is 17.8. The van der Waals surface area contributed by atoms with Gasteiger partial charge < -0.3 is 14.6 Å². The molecular formula is C25H22N4O3. The second kappa shape index (κ2) is 7.94. The van der Waals surface area contributed by atoms with E-state index in [4.69, 9.17) is 4.74 Å². The number of imide groups is 1. The van der Waals surface area contributed by atoms with Crippen LogP contribution in [-0.4, -0.2) is 53.9 Å². The third-order valence-electron chi connectivity index (χ3n) is 5.54. The number of rotatable bonds is 6. The van der Waals surface area contributed by atoms with Crippen molar-refractivity contribution in [1.82, 2.24) is 20.2 Å². The van der Waals surface area contributed by atoms with Gasteiger partial charge >= 0.3 is 0 Å². The molecule has 0 saturated heterocycles. The molecule has 0 aliphatic carbocycles. The minimum atomic E-state index is -0.425. The standard InChI is InChI=1S/C25H22N4O3/c1-29(2)11-12-32-21-13-17(15-7-4-6-10-20(15)27-21)22-23(25(31)28-24(22)30)18-14-26-19-9-5-3-8-16(18)19/h3-10,13-14,26H,11-12H2,1-2H3,(H,28,30,31). The van der Waals surface area contributed by atoms with Gasteiger partial charge in [0.2, 0.25) is 5.88 Å². The van der Waals surface area contributed by atoms with Crippen molar-refractivity contribution < 1.29 is 14.3 Å². The van der Waals surface area contributed by atoms with Crippen LogP contribution in [0.15, 0.2) is 60.8 Å². The smallest absolute Gasteiger partial charge is 0.259 e. The molecule has 1 aliphatic heterocycles. The molecule has 0 bridgehead atoms. The van der Waals surface area contributed by atoms with E-state index < -0.39 is 11.8 Å². The summed E-state index contributed by atoms with van der Waals surface area (Å²) in [5.41, 5.74) is 3.59. The van der Waals surface area contributed by atoms with Crippen LogP contribution in [0, 0.1) is 0 Å². The minimum Gasteiger partial charge on any atom is -0.476 e. The number of fused-ring (bicyclic) bond motifs is 2. The number of nitrogens with one attached hydrogen (secondary N) is 2. The predicted octanol–water partition coefficient (Wildman–Crippen LogP) is 3.22. The van der Waals surface area contributed by atoms with Crippen molar-refractivity contribution in [3.8, 4) is 5.88 Å². The summed E-state index contributed by atoms with van der Waals surface area (Å²) in [6.45, 7) is 1.18. The highest BCUT2D eigenvalue weighted by molar-refractivity contribution is 6.50. The van der Waals surface area contributed by atoms with Gasteiger partial charge in [0.05, 0.1) is 16.7 Å². The normalized spacial score (nSPS) is 14.1. The molecule has 0 radical (unpaired) electrons. The number of ether oxygens (including phenoxy) is 1. The maximum atomic E-state index is 13.0. The molecule has 7 heteroatoms. The van der Waals surface area contributed by atoms with Crippen molar-refractivity contribution in [2.45, 2.75) is 0 Å². The Balaban J connectivity index is 1.73. The Morgan fingerprint density at radius 1 is 0.906 bits per heavy atom. The average molecular weight is 426 g/mol. The highest BCUT2D eigenvalue weighted by atomic mass is 16.5. The molecule has 0 fully saturated rings. The van der Waals surface area contributed by atoms with Gasteiger partial charge in [-0.3, -0.25) is 14.9 Å². The number of aromatic nitrogens is 2. The van der Waals surface area contributed by atoms with Gasteiger partial charge in [-0.1, -0.05) is 36.4 Å². The van der Waals surface area contributed by atoms with Crippen LogP contribution in [0.3, 0.4) is 0 Å². The number of H-pyrrole nitrogens is 1. The third-order valence-corrected chi connectivity index (χ3v) is 5.54. The number of amides is 2. The van der Waals surface area contributed by atoms with Crippen LogP contribution in [0.2, 0.25) is 0 Å². The third kappa shape index (κ3) is 3.42. The number of pyridine rings is 1. The van der Waals surface area contributed by atoms with E-state index >= 15 is 0 Å². The topological polar surface area (TPSA) is 87.3 Å². The molecule has 160 valence electrons. The number of benzene rings is 2. The molecule has 0 spiro atoms. The summed E-state index contributed by atoms with van der Waals surface area (Å²) >= 11 is 0.